The normalized spacial score (nSPS) is 16.7. The SMILES string of the molecule is C=CC(=O)NC1CCC[C@H]1NC(=O)c1sc2nccc3c2c1[nH]c(=C)n3-c1ccc(Oc2ccccc2)nc1C. The van der Waals surface area contributed by atoms with Gasteiger partial charge < -0.3 is 20.4 Å². The molecule has 0 bridgehead atoms. The number of aromatic amines is 1. The van der Waals surface area contributed by atoms with Crippen molar-refractivity contribution >= 4 is 51.0 Å². The van der Waals surface area contributed by atoms with E-state index in [-0.39, 0.29) is 23.9 Å². The van der Waals surface area contributed by atoms with Gasteiger partial charge in [0, 0.05) is 24.3 Å². The third-order valence-electron chi connectivity index (χ3n) is 7.14. The summed E-state index contributed by atoms with van der Waals surface area (Å²) in [6.45, 7) is 9.72. The smallest absolute Gasteiger partial charge is 0.263 e. The van der Waals surface area contributed by atoms with Gasteiger partial charge in [-0.05, 0) is 56.5 Å². The average Bonchev–Trinajstić information content (AvgIpc) is 3.55. The van der Waals surface area contributed by atoms with Crippen LogP contribution < -0.4 is 20.9 Å². The van der Waals surface area contributed by atoms with Gasteiger partial charge in [0.25, 0.3) is 5.91 Å². The fraction of sp³-hybridized carbons (Fsp3) is 0.200. The molecule has 202 valence electrons. The molecule has 1 aliphatic carbocycles. The molecule has 1 fully saturated rings. The average molecular weight is 553 g/mol. The number of amides is 2. The molecule has 40 heavy (non-hydrogen) atoms. The number of nitrogens with one attached hydrogen (secondary N) is 3. The Hall–Kier alpha value is -4.70. The summed E-state index contributed by atoms with van der Waals surface area (Å²) >= 11 is 1.33. The van der Waals surface area contributed by atoms with E-state index in [4.69, 9.17) is 4.74 Å². The van der Waals surface area contributed by atoms with Crippen LogP contribution in [-0.4, -0.2) is 43.4 Å². The topological polar surface area (TPSA) is 114 Å². The Morgan fingerprint density at radius 2 is 1.90 bits per heavy atom. The number of para-hydroxylation sites is 1. The number of H-pyrrole nitrogens is 1. The first kappa shape index (κ1) is 25.6. The second kappa shape index (κ2) is 10.5. The van der Waals surface area contributed by atoms with Gasteiger partial charge in [-0.1, -0.05) is 31.4 Å². The summed E-state index contributed by atoms with van der Waals surface area (Å²) in [5.74, 6) is 0.762. The van der Waals surface area contributed by atoms with Crippen molar-refractivity contribution in [1.29, 1.82) is 0 Å². The third-order valence-corrected chi connectivity index (χ3v) is 8.24. The van der Waals surface area contributed by atoms with Gasteiger partial charge in [-0.2, -0.15) is 0 Å². The highest BCUT2D eigenvalue weighted by Gasteiger charge is 2.31. The van der Waals surface area contributed by atoms with E-state index in [9.17, 15) is 9.59 Å². The van der Waals surface area contributed by atoms with E-state index in [1.54, 1.807) is 6.20 Å². The van der Waals surface area contributed by atoms with Crippen molar-refractivity contribution in [2.45, 2.75) is 38.3 Å². The number of aromatic nitrogens is 4. The Balaban J connectivity index is 1.35. The minimum absolute atomic E-state index is 0.128. The van der Waals surface area contributed by atoms with Crippen LogP contribution in [0.1, 0.15) is 34.6 Å². The van der Waals surface area contributed by atoms with Crippen LogP contribution in [0.3, 0.4) is 0 Å². The van der Waals surface area contributed by atoms with Gasteiger partial charge in [-0.25, -0.2) is 9.97 Å². The first-order valence-corrected chi connectivity index (χ1v) is 13.9. The van der Waals surface area contributed by atoms with E-state index in [2.05, 4.69) is 38.7 Å². The monoisotopic (exact) mass is 552 g/mol. The Morgan fingerprint density at radius 3 is 2.65 bits per heavy atom. The molecule has 1 aliphatic rings. The lowest BCUT2D eigenvalue weighted by Crippen LogP contribution is -2.48. The second-order valence-corrected chi connectivity index (χ2v) is 10.7. The fourth-order valence-corrected chi connectivity index (χ4v) is 6.33. The molecule has 0 radical (unpaired) electrons. The van der Waals surface area contributed by atoms with Crippen molar-refractivity contribution in [2.75, 3.05) is 0 Å². The standard InChI is InChI=1S/C30H28N6O3S/c1-4-24(37)34-20-11-8-12-21(20)35-29(38)28-27-26-23(15-16-31-30(26)40-28)36(18(3)33-27)22-13-14-25(32-17(22)2)39-19-9-6-5-7-10-19/h4-7,9-10,13-16,20-21,33H,1,3,8,11-12H2,2H3,(H,34,37)(H,35,38)/t20?,21-/m1/s1. The maximum Gasteiger partial charge on any atom is 0.263 e. The van der Waals surface area contributed by atoms with E-state index in [0.717, 1.165) is 46.4 Å². The highest BCUT2D eigenvalue weighted by molar-refractivity contribution is 7.21. The molecule has 0 spiro atoms. The molecule has 1 aromatic carbocycles. The molecule has 5 aromatic rings. The lowest BCUT2D eigenvalue weighted by Gasteiger charge is -2.21. The maximum absolute atomic E-state index is 13.5. The van der Waals surface area contributed by atoms with Crippen molar-refractivity contribution in [3.8, 4) is 17.3 Å². The van der Waals surface area contributed by atoms with Crippen molar-refractivity contribution in [3.63, 3.8) is 0 Å². The molecule has 9 nitrogen and oxygen atoms in total. The number of carbonyl (C=O) groups is 2. The largest absolute Gasteiger partial charge is 0.439 e. The quantitative estimate of drug-likeness (QED) is 0.253. The van der Waals surface area contributed by atoms with Crippen LogP contribution in [0.25, 0.3) is 33.5 Å². The summed E-state index contributed by atoms with van der Waals surface area (Å²) in [7, 11) is 0. The van der Waals surface area contributed by atoms with Gasteiger partial charge in [-0.15, -0.1) is 11.3 Å². The van der Waals surface area contributed by atoms with Crippen molar-refractivity contribution in [3.05, 3.63) is 83.4 Å². The molecular weight excluding hydrogens is 524 g/mol. The summed E-state index contributed by atoms with van der Waals surface area (Å²) in [6.07, 6.45) is 5.51. The van der Waals surface area contributed by atoms with Crippen LogP contribution >= 0.6 is 11.3 Å². The zero-order chi connectivity index (χ0) is 27.8. The zero-order valence-electron chi connectivity index (χ0n) is 21.9. The van der Waals surface area contributed by atoms with Crippen LogP contribution in [0.15, 0.2) is 67.4 Å². The van der Waals surface area contributed by atoms with Crippen molar-refractivity contribution in [1.82, 2.24) is 30.2 Å². The van der Waals surface area contributed by atoms with Gasteiger partial charge in [0.05, 0.1) is 27.8 Å². The zero-order valence-corrected chi connectivity index (χ0v) is 22.8. The van der Waals surface area contributed by atoms with Crippen LogP contribution in [-0.2, 0) is 4.79 Å². The molecule has 0 aliphatic heterocycles. The molecule has 4 aromatic heterocycles. The third kappa shape index (κ3) is 4.66. The number of pyridine rings is 2. The summed E-state index contributed by atoms with van der Waals surface area (Å²) < 4.78 is 7.90. The second-order valence-electron chi connectivity index (χ2n) is 9.72. The van der Waals surface area contributed by atoms with Crippen LogP contribution in [0.5, 0.6) is 11.6 Å². The van der Waals surface area contributed by atoms with E-state index >= 15 is 0 Å². The number of nitrogens with zero attached hydrogens (tertiary/aromatic N) is 3. The lowest BCUT2D eigenvalue weighted by atomic mass is 10.1. The maximum atomic E-state index is 13.5. The van der Waals surface area contributed by atoms with Crippen LogP contribution in [0, 0.1) is 6.92 Å². The predicted molar refractivity (Wildman–Crippen MR) is 157 cm³/mol. The number of carbonyl (C=O) groups excluding carboxylic acids is 2. The van der Waals surface area contributed by atoms with Gasteiger partial charge in [0.2, 0.25) is 11.8 Å². The number of hydrogen-bond donors (Lipinski definition) is 3. The minimum atomic E-state index is -0.237. The molecule has 0 saturated heterocycles. The predicted octanol–water partition coefficient (Wildman–Crippen LogP) is 4.71. The van der Waals surface area contributed by atoms with Crippen LogP contribution in [0.4, 0.5) is 0 Å². The Kier molecular flexibility index (Phi) is 6.69. The molecule has 1 unspecified atom stereocenters. The first-order chi connectivity index (χ1) is 19.4. The Labute approximate surface area is 234 Å². The molecule has 4 heterocycles. The number of benzene rings is 1. The van der Waals surface area contributed by atoms with E-state index < -0.39 is 0 Å². The fourth-order valence-electron chi connectivity index (χ4n) is 5.31. The number of hydrogen-bond acceptors (Lipinski definition) is 6. The number of rotatable bonds is 7. The summed E-state index contributed by atoms with van der Waals surface area (Å²) in [5.41, 5.74) is 3.72. The molecule has 10 heteroatoms. The van der Waals surface area contributed by atoms with Gasteiger partial charge in [-0.3, -0.25) is 14.2 Å². The highest BCUT2D eigenvalue weighted by atomic mass is 32.1. The molecule has 1 saturated carbocycles. The van der Waals surface area contributed by atoms with Crippen molar-refractivity contribution < 1.29 is 14.3 Å². The summed E-state index contributed by atoms with van der Waals surface area (Å²) in [5, 5.41) is 6.91. The van der Waals surface area contributed by atoms with Gasteiger partial charge in [0.15, 0.2) is 0 Å². The van der Waals surface area contributed by atoms with E-state index in [0.29, 0.717) is 27.5 Å². The van der Waals surface area contributed by atoms with Gasteiger partial charge in [0.1, 0.15) is 20.9 Å². The first-order valence-electron chi connectivity index (χ1n) is 13.0. The van der Waals surface area contributed by atoms with Gasteiger partial charge >= 0.3 is 0 Å². The molecular formula is C30H28N6O3S. The number of thiophene rings is 1. The minimum Gasteiger partial charge on any atom is -0.439 e. The molecule has 6 rings (SSSR count). The number of aryl methyl sites for hydroxylation is 1. The summed E-state index contributed by atoms with van der Waals surface area (Å²) in [6, 6.07) is 14.9. The van der Waals surface area contributed by atoms with E-state index in [1.807, 2.05) is 60.0 Å². The molecule has 2 atom stereocenters. The van der Waals surface area contributed by atoms with E-state index in [1.165, 1.54) is 17.4 Å². The summed E-state index contributed by atoms with van der Waals surface area (Å²) in [4.78, 5) is 39.2. The number of ether oxygens (including phenoxy) is 1. The molecule has 2 amide bonds. The lowest BCUT2D eigenvalue weighted by molar-refractivity contribution is -0.117. The highest BCUT2D eigenvalue weighted by Crippen LogP contribution is 2.34. The Morgan fingerprint density at radius 1 is 1.12 bits per heavy atom. The molecule has 3 N–H and O–H groups in total. The van der Waals surface area contributed by atoms with Crippen LogP contribution in [0.2, 0.25) is 0 Å². The van der Waals surface area contributed by atoms with Crippen molar-refractivity contribution in [2.24, 2.45) is 0 Å². The Bertz CT molecular complexity index is 1820.